The van der Waals surface area contributed by atoms with Crippen LogP contribution in [0.4, 0.5) is 8.78 Å². The Hall–Kier alpha value is -1.86. The van der Waals surface area contributed by atoms with E-state index >= 15 is 0 Å². The van der Waals surface area contributed by atoms with Crippen LogP contribution in [0.3, 0.4) is 0 Å². The minimum atomic E-state index is -1.08. The first kappa shape index (κ1) is 25.8. The molecule has 0 saturated heterocycles. The highest BCUT2D eigenvalue weighted by Crippen LogP contribution is 2.42. The Morgan fingerprint density at radius 2 is 1.64 bits per heavy atom. The van der Waals surface area contributed by atoms with E-state index in [4.69, 9.17) is 0 Å². The summed E-state index contributed by atoms with van der Waals surface area (Å²) in [4.78, 5) is 0. The first-order valence-electron chi connectivity index (χ1n) is 11.8. The molecule has 0 heterocycles. The first-order chi connectivity index (χ1) is 15.4. The summed E-state index contributed by atoms with van der Waals surface area (Å²) in [5.41, 5.74) is 1.30. The molecule has 6 heteroatoms. The molecule has 0 radical (unpaired) electrons. The van der Waals surface area contributed by atoms with E-state index < -0.39 is 28.9 Å². The fraction of sp³-hybridized carbons (Fsp3) is 0.556. The number of hydrogen-bond donors (Lipinski definition) is 4. The van der Waals surface area contributed by atoms with Crippen molar-refractivity contribution < 1.29 is 24.1 Å². The average Bonchev–Trinajstić information content (AvgIpc) is 2.76. The van der Waals surface area contributed by atoms with E-state index in [0.717, 1.165) is 11.6 Å². The van der Waals surface area contributed by atoms with E-state index in [2.05, 4.69) is 44.3 Å². The van der Waals surface area contributed by atoms with E-state index in [1.807, 2.05) is 6.07 Å². The molecule has 0 amide bonds. The van der Waals surface area contributed by atoms with Crippen molar-refractivity contribution in [2.45, 2.75) is 82.0 Å². The molecule has 2 aromatic carbocycles. The van der Waals surface area contributed by atoms with Crippen LogP contribution >= 0.6 is 0 Å². The van der Waals surface area contributed by atoms with Crippen LogP contribution in [-0.2, 0) is 17.4 Å². The number of rotatable bonds is 8. The van der Waals surface area contributed by atoms with E-state index in [9.17, 15) is 24.1 Å². The lowest BCUT2D eigenvalue weighted by Crippen LogP contribution is -2.52. The number of benzene rings is 2. The molecule has 182 valence electrons. The number of nitrogens with one attached hydrogen (secondary N) is 1. The molecule has 0 spiro atoms. The van der Waals surface area contributed by atoms with Crippen molar-refractivity contribution in [3.63, 3.8) is 0 Å². The standard InChI is InChI=1S/C27H37F2NO3/c1-25(2,3)20-5-4-6-21(15-20)27(11-9-26(33,18-31)10-12-27)30-17-24(32)8-7-19-13-22(28)16-23(29)14-19/h4-6,13-16,24,30-33H,7-12,17-18H2,1-3H3/t24-,26?,27?/m0/s1. The summed E-state index contributed by atoms with van der Waals surface area (Å²) in [5, 5.41) is 34.4. The lowest BCUT2D eigenvalue weighted by Gasteiger charge is -2.45. The Morgan fingerprint density at radius 1 is 1.00 bits per heavy atom. The zero-order chi connectivity index (χ0) is 24.3. The minimum absolute atomic E-state index is 0.0164. The van der Waals surface area contributed by atoms with Gasteiger partial charge in [-0.2, -0.15) is 0 Å². The number of halogens is 2. The fourth-order valence-corrected chi connectivity index (χ4v) is 4.65. The second-order valence-corrected chi connectivity index (χ2v) is 10.6. The number of hydrogen-bond acceptors (Lipinski definition) is 4. The van der Waals surface area contributed by atoms with Gasteiger partial charge in [-0.3, -0.25) is 0 Å². The monoisotopic (exact) mass is 461 g/mol. The Kier molecular flexibility index (Phi) is 7.95. The Bertz CT molecular complexity index is 913. The molecule has 33 heavy (non-hydrogen) atoms. The third-order valence-corrected chi connectivity index (χ3v) is 6.97. The van der Waals surface area contributed by atoms with E-state index in [0.29, 0.717) is 50.6 Å². The van der Waals surface area contributed by atoms with Gasteiger partial charge in [-0.1, -0.05) is 45.0 Å². The van der Waals surface area contributed by atoms with Crippen LogP contribution in [0.25, 0.3) is 0 Å². The van der Waals surface area contributed by atoms with Gasteiger partial charge in [0.15, 0.2) is 0 Å². The summed E-state index contributed by atoms with van der Waals surface area (Å²) in [6, 6.07) is 11.8. The molecule has 3 rings (SSSR count). The van der Waals surface area contributed by atoms with Crippen LogP contribution in [0.2, 0.25) is 0 Å². The van der Waals surface area contributed by atoms with Crippen LogP contribution in [-0.4, -0.2) is 40.2 Å². The maximum absolute atomic E-state index is 13.4. The molecule has 1 atom stereocenters. The Labute approximate surface area is 195 Å². The van der Waals surface area contributed by atoms with Crippen molar-refractivity contribution in [1.82, 2.24) is 5.32 Å². The molecule has 1 aliphatic carbocycles. The highest BCUT2D eigenvalue weighted by Gasteiger charge is 2.42. The highest BCUT2D eigenvalue weighted by atomic mass is 19.1. The van der Waals surface area contributed by atoms with Crippen LogP contribution in [0, 0.1) is 11.6 Å². The zero-order valence-corrected chi connectivity index (χ0v) is 19.9. The van der Waals surface area contributed by atoms with Crippen molar-refractivity contribution in [2.75, 3.05) is 13.2 Å². The normalized spacial score (nSPS) is 24.6. The first-order valence-corrected chi connectivity index (χ1v) is 11.8. The van der Waals surface area contributed by atoms with E-state index in [1.165, 1.54) is 17.7 Å². The zero-order valence-electron chi connectivity index (χ0n) is 19.9. The van der Waals surface area contributed by atoms with E-state index in [-0.39, 0.29) is 12.0 Å². The SMILES string of the molecule is CC(C)(C)c1cccc(C2(NC[C@@H](O)CCc3cc(F)cc(F)c3)CCC(O)(CO)CC2)c1. The van der Waals surface area contributed by atoms with Gasteiger partial charge in [0.2, 0.25) is 0 Å². The van der Waals surface area contributed by atoms with Gasteiger partial charge in [0.05, 0.1) is 18.3 Å². The molecule has 1 fully saturated rings. The topological polar surface area (TPSA) is 72.7 Å². The highest BCUT2D eigenvalue weighted by molar-refractivity contribution is 5.34. The number of aliphatic hydroxyl groups excluding tert-OH is 2. The van der Waals surface area contributed by atoms with Crippen molar-refractivity contribution in [3.8, 4) is 0 Å². The number of aliphatic hydroxyl groups is 3. The summed E-state index contributed by atoms with van der Waals surface area (Å²) >= 11 is 0. The fourth-order valence-electron chi connectivity index (χ4n) is 4.65. The third kappa shape index (κ3) is 6.60. The molecule has 1 aliphatic rings. The molecular formula is C27H37F2NO3. The molecule has 2 aromatic rings. The molecule has 1 saturated carbocycles. The second kappa shape index (κ2) is 10.2. The largest absolute Gasteiger partial charge is 0.393 e. The molecule has 4 N–H and O–H groups in total. The van der Waals surface area contributed by atoms with Crippen LogP contribution in [0.15, 0.2) is 42.5 Å². The predicted molar refractivity (Wildman–Crippen MR) is 126 cm³/mol. The predicted octanol–water partition coefficient (Wildman–Crippen LogP) is 4.34. The molecule has 0 unspecified atom stereocenters. The van der Waals surface area contributed by atoms with Gasteiger partial charge in [0.25, 0.3) is 0 Å². The summed E-state index contributed by atoms with van der Waals surface area (Å²) in [6.45, 7) is 6.54. The van der Waals surface area contributed by atoms with Gasteiger partial charge in [0, 0.05) is 18.2 Å². The van der Waals surface area contributed by atoms with Crippen molar-refractivity contribution in [2.24, 2.45) is 0 Å². The lowest BCUT2D eigenvalue weighted by molar-refractivity contribution is -0.0620. The van der Waals surface area contributed by atoms with Crippen LogP contribution < -0.4 is 5.32 Å². The van der Waals surface area contributed by atoms with Crippen molar-refractivity contribution in [3.05, 3.63) is 70.8 Å². The summed E-state index contributed by atoms with van der Waals surface area (Å²) < 4.78 is 26.9. The van der Waals surface area contributed by atoms with Crippen molar-refractivity contribution in [1.29, 1.82) is 0 Å². The molecule has 4 nitrogen and oxygen atoms in total. The number of aryl methyl sites for hydroxylation is 1. The quantitative estimate of drug-likeness (QED) is 0.472. The van der Waals surface area contributed by atoms with Gasteiger partial charge in [0.1, 0.15) is 11.6 Å². The van der Waals surface area contributed by atoms with Crippen molar-refractivity contribution >= 4 is 0 Å². The van der Waals surface area contributed by atoms with E-state index in [1.54, 1.807) is 0 Å². The summed E-state index contributed by atoms with van der Waals surface area (Å²) in [7, 11) is 0. The maximum Gasteiger partial charge on any atom is 0.126 e. The molecule has 0 aromatic heterocycles. The lowest BCUT2D eigenvalue weighted by atomic mass is 9.70. The Morgan fingerprint density at radius 3 is 2.21 bits per heavy atom. The molecular weight excluding hydrogens is 424 g/mol. The van der Waals surface area contributed by atoms with Gasteiger partial charge in [-0.15, -0.1) is 0 Å². The van der Waals surface area contributed by atoms with Gasteiger partial charge < -0.3 is 20.6 Å². The smallest absolute Gasteiger partial charge is 0.126 e. The van der Waals surface area contributed by atoms with Gasteiger partial charge in [-0.25, -0.2) is 8.78 Å². The summed E-state index contributed by atoms with van der Waals surface area (Å²) in [6.07, 6.45) is 2.20. The average molecular weight is 462 g/mol. The van der Waals surface area contributed by atoms with Gasteiger partial charge in [-0.05, 0) is 72.8 Å². The third-order valence-electron chi connectivity index (χ3n) is 6.97. The van der Waals surface area contributed by atoms with Crippen LogP contribution in [0.1, 0.15) is 69.6 Å². The summed E-state index contributed by atoms with van der Waals surface area (Å²) in [5.74, 6) is -1.23. The Balaban J connectivity index is 1.74. The second-order valence-electron chi connectivity index (χ2n) is 10.6. The molecule has 0 aliphatic heterocycles. The van der Waals surface area contributed by atoms with Crippen LogP contribution in [0.5, 0.6) is 0 Å². The molecule has 0 bridgehead atoms. The van der Waals surface area contributed by atoms with Gasteiger partial charge >= 0.3 is 0 Å². The maximum atomic E-state index is 13.4. The minimum Gasteiger partial charge on any atom is -0.393 e.